The van der Waals surface area contributed by atoms with Crippen LogP contribution in [0.1, 0.15) is 36.2 Å². The number of carbonyl (C=O) groups excluding carboxylic acids is 1. The standard InChI is InChI=1S/C27H31FN3O2/c1-21(2)18-25-19-30(27(32)23-8-4-3-5-9-23)16-17-31(25,26-10-6-7-15-29-26)33-20-22-11-13-24(28)14-12-22/h3-15,21,25H,16-20H2,1-2H3/q+1. The second kappa shape index (κ2) is 10.2. The molecule has 4 rings (SSSR count). The number of aromatic nitrogens is 1. The van der Waals surface area contributed by atoms with Crippen molar-refractivity contribution < 1.29 is 14.0 Å². The van der Waals surface area contributed by atoms with Crippen molar-refractivity contribution in [1.82, 2.24) is 14.5 Å². The highest BCUT2D eigenvalue weighted by Crippen LogP contribution is 2.33. The van der Waals surface area contributed by atoms with Gasteiger partial charge in [-0.05, 0) is 41.8 Å². The van der Waals surface area contributed by atoms with E-state index in [1.54, 1.807) is 18.3 Å². The highest BCUT2D eigenvalue weighted by Gasteiger charge is 2.48. The topological polar surface area (TPSA) is 42.4 Å². The van der Waals surface area contributed by atoms with E-state index in [2.05, 4.69) is 18.8 Å². The lowest BCUT2D eigenvalue weighted by molar-refractivity contribution is -0.205. The van der Waals surface area contributed by atoms with Crippen LogP contribution in [0.3, 0.4) is 0 Å². The normalized spacial score (nSPS) is 20.7. The largest absolute Gasteiger partial charge is 0.327 e. The number of benzene rings is 2. The Morgan fingerprint density at radius 1 is 1.09 bits per heavy atom. The minimum absolute atomic E-state index is 0.0155. The number of nitrogens with zero attached hydrogens (tertiary/aromatic N) is 3. The molecular weight excluding hydrogens is 417 g/mol. The summed E-state index contributed by atoms with van der Waals surface area (Å²) in [6.45, 7) is 6.43. The molecule has 3 aromatic rings. The maximum Gasteiger partial charge on any atom is 0.260 e. The van der Waals surface area contributed by atoms with Gasteiger partial charge in [-0.3, -0.25) is 4.79 Å². The lowest BCUT2D eigenvalue weighted by Crippen LogP contribution is -2.67. The van der Waals surface area contributed by atoms with Gasteiger partial charge in [-0.1, -0.05) is 50.2 Å². The quantitative estimate of drug-likeness (QED) is 0.465. The maximum absolute atomic E-state index is 13.4. The van der Waals surface area contributed by atoms with Gasteiger partial charge in [0.1, 0.15) is 25.0 Å². The lowest BCUT2D eigenvalue weighted by atomic mass is 9.98. The zero-order valence-electron chi connectivity index (χ0n) is 19.2. The smallest absolute Gasteiger partial charge is 0.260 e. The Morgan fingerprint density at radius 2 is 1.82 bits per heavy atom. The first-order valence-electron chi connectivity index (χ1n) is 11.5. The summed E-state index contributed by atoms with van der Waals surface area (Å²) < 4.78 is 13.6. The molecule has 0 radical (unpaired) electrons. The van der Waals surface area contributed by atoms with Crippen molar-refractivity contribution in [2.75, 3.05) is 19.6 Å². The van der Waals surface area contributed by atoms with Crippen LogP contribution in [0, 0.1) is 11.7 Å². The molecule has 6 heteroatoms. The highest BCUT2D eigenvalue weighted by molar-refractivity contribution is 5.94. The maximum atomic E-state index is 13.4. The van der Waals surface area contributed by atoms with Gasteiger partial charge < -0.3 is 4.90 Å². The fraction of sp³-hybridized carbons (Fsp3) is 0.333. The molecule has 1 saturated heterocycles. The summed E-state index contributed by atoms with van der Waals surface area (Å²) >= 11 is 0. The third-order valence-corrected chi connectivity index (χ3v) is 6.19. The van der Waals surface area contributed by atoms with Gasteiger partial charge in [-0.15, -0.1) is 4.65 Å². The molecule has 1 aliphatic heterocycles. The van der Waals surface area contributed by atoms with Gasteiger partial charge in [-0.25, -0.2) is 9.37 Å². The SMILES string of the molecule is CC(C)CC1CN(C(=O)c2ccccc2)CC[N+]1(OCc1ccc(F)cc1)c1ccccn1. The summed E-state index contributed by atoms with van der Waals surface area (Å²) in [5, 5.41) is 0. The van der Waals surface area contributed by atoms with Gasteiger partial charge >= 0.3 is 0 Å². The Kier molecular flexibility index (Phi) is 7.16. The van der Waals surface area contributed by atoms with Crippen molar-refractivity contribution >= 4 is 11.7 Å². The first-order valence-corrected chi connectivity index (χ1v) is 11.5. The predicted octanol–water partition coefficient (Wildman–Crippen LogP) is 5.23. The number of hydrogen-bond acceptors (Lipinski definition) is 3. The molecule has 1 amide bonds. The highest BCUT2D eigenvalue weighted by atomic mass is 19.1. The number of halogens is 1. The van der Waals surface area contributed by atoms with Crippen LogP contribution in [-0.4, -0.2) is 41.5 Å². The van der Waals surface area contributed by atoms with Gasteiger partial charge in [0.05, 0.1) is 13.1 Å². The first-order chi connectivity index (χ1) is 16.0. The minimum atomic E-state index is -0.266. The van der Waals surface area contributed by atoms with E-state index < -0.39 is 0 Å². The molecule has 0 N–H and O–H groups in total. The summed E-state index contributed by atoms with van der Waals surface area (Å²) in [5.41, 5.74) is 1.60. The van der Waals surface area contributed by atoms with Crippen molar-refractivity contribution in [2.45, 2.75) is 32.9 Å². The van der Waals surface area contributed by atoms with Crippen molar-refractivity contribution in [3.8, 4) is 0 Å². The van der Waals surface area contributed by atoms with Crippen molar-refractivity contribution in [3.05, 3.63) is 95.9 Å². The van der Waals surface area contributed by atoms with Crippen molar-refractivity contribution in [1.29, 1.82) is 0 Å². The van der Waals surface area contributed by atoms with Crippen molar-refractivity contribution in [2.24, 2.45) is 5.92 Å². The number of carbonyl (C=O) groups is 1. The average Bonchev–Trinajstić information content (AvgIpc) is 2.84. The Hall–Kier alpha value is -3.09. The fourth-order valence-electron chi connectivity index (χ4n) is 4.55. The molecule has 1 fully saturated rings. The lowest BCUT2D eigenvalue weighted by Gasteiger charge is -2.47. The molecule has 172 valence electrons. The summed E-state index contributed by atoms with van der Waals surface area (Å²) in [4.78, 5) is 26.5. The zero-order valence-corrected chi connectivity index (χ0v) is 19.2. The number of pyridine rings is 1. The number of quaternary nitrogens is 1. The van der Waals surface area contributed by atoms with Crippen molar-refractivity contribution in [3.63, 3.8) is 0 Å². The molecule has 2 heterocycles. The number of rotatable bonds is 7. The second-order valence-electron chi connectivity index (χ2n) is 9.01. The first kappa shape index (κ1) is 23.1. The van der Waals surface area contributed by atoms with E-state index in [0.29, 0.717) is 37.7 Å². The summed E-state index contributed by atoms with van der Waals surface area (Å²) in [5.74, 6) is 1.02. The molecule has 0 bridgehead atoms. The molecular formula is C27H31FN3O2+. The van der Waals surface area contributed by atoms with Crippen LogP contribution in [0.2, 0.25) is 0 Å². The number of hydrogen-bond donors (Lipinski definition) is 0. The summed E-state index contributed by atoms with van der Waals surface area (Å²) in [7, 11) is 0. The summed E-state index contributed by atoms with van der Waals surface area (Å²) in [6.07, 6.45) is 2.66. The van der Waals surface area contributed by atoms with Crippen LogP contribution in [-0.2, 0) is 11.4 Å². The monoisotopic (exact) mass is 448 g/mol. The van der Waals surface area contributed by atoms with Crippen LogP contribution in [0.4, 0.5) is 10.2 Å². The van der Waals surface area contributed by atoms with Gasteiger partial charge in [0, 0.05) is 24.2 Å². The molecule has 0 aliphatic carbocycles. The number of amides is 1. The van der Waals surface area contributed by atoms with Crippen LogP contribution < -0.4 is 4.65 Å². The number of piperazine rings is 1. The van der Waals surface area contributed by atoms with E-state index in [1.165, 1.54) is 12.1 Å². The third kappa shape index (κ3) is 5.29. The zero-order chi connectivity index (χ0) is 23.3. The summed E-state index contributed by atoms with van der Waals surface area (Å²) in [6, 6.07) is 21.7. The molecule has 2 aromatic carbocycles. The Balaban J connectivity index is 1.65. The van der Waals surface area contributed by atoms with E-state index in [0.717, 1.165) is 17.8 Å². The van der Waals surface area contributed by atoms with E-state index in [1.807, 2.05) is 53.4 Å². The molecule has 33 heavy (non-hydrogen) atoms. The predicted molar refractivity (Wildman–Crippen MR) is 128 cm³/mol. The van der Waals surface area contributed by atoms with E-state index in [9.17, 15) is 9.18 Å². The van der Waals surface area contributed by atoms with Crippen LogP contribution in [0.5, 0.6) is 0 Å². The average molecular weight is 449 g/mol. The third-order valence-electron chi connectivity index (χ3n) is 6.19. The molecule has 2 unspecified atom stereocenters. The number of hydroxylamine groups is 2. The molecule has 0 saturated carbocycles. The molecule has 1 aliphatic rings. The molecule has 2 atom stereocenters. The molecule has 0 spiro atoms. The van der Waals surface area contributed by atoms with Gasteiger partial charge in [0.2, 0.25) is 0 Å². The van der Waals surface area contributed by atoms with Crippen LogP contribution in [0.15, 0.2) is 79.0 Å². The second-order valence-corrected chi connectivity index (χ2v) is 9.01. The van der Waals surface area contributed by atoms with Crippen LogP contribution in [0.25, 0.3) is 0 Å². The Morgan fingerprint density at radius 3 is 2.48 bits per heavy atom. The molecule has 5 nitrogen and oxygen atoms in total. The van der Waals surface area contributed by atoms with Gasteiger partial charge in [0.25, 0.3) is 11.7 Å². The van der Waals surface area contributed by atoms with Crippen LogP contribution >= 0.6 is 0 Å². The fourth-order valence-corrected chi connectivity index (χ4v) is 4.55. The Bertz CT molecular complexity index is 1040. The van der Waals surface area contributed by atoms with E-state index in [-0.39, 0.29) is 22.4 Å². The Labute approximate surface area is 195 Å². The molecule has 1 aromatic heterocycles. The minimum Gasteiger partial charge on any atom is -0.327 e. The van der Waals surface area contributed by atoms with E-state index in [4.69, 9.17) is 4.84 Å². The van der Waals surface area contributed by atoms with Gasteiger partial charge in [0.15, 0.2) is 0 Å². The van der Waals surface area contributed by atoms with E-state index >= 15 is 0 Å². The van der Waals surface area contributed by atoms with Gasteiger partial charge in [-0.2, -0.15) is 4.84 Å².